The second-order valence-corrected chi connectivity index (χ2v) is 9.37. The predicted octanol–water partition coefficient (Wildman–Crippen LogP) is 4.83. The van der Waals surface area contributed by atoms with Crippen molar-refractivity contribution in [3.05, 3.63) is 100 Å². The van der Waals surface area contributed by atoms with Gasteiger partial charge in [0.05, 0.1) is 25.1 Å². The van der Waals surface area contributed by atoms with Gasteiger partial charge in [0.1, 0.15) is 11.5 Å². The summed E-state index contributed by atoms with van der Waals surface area (Å²) in [4.78, 5) is 39.3. The molecular weight excluding hydrogens is 470 g/mol. The maximum Gasteiger partial charge on any atom is 0.307 e. The van der Waals surface area contributed by atoms with Crippen LogP contribution in [0.3, 0.4) is 0 Å². The molecule has 7 nitrogen and oxygen atoms in total. The van der Waals surface area contributed by atoms with Gasteiger partial charge in [0.15, 0.2) is 0 Å². The molecule has 1 atom stereocenters. The van der Waals surface area contributed by atoms with Gasteiger partial charge in [0.2, 0.25) is 0 Å². The van der Waals surface area contributed by atoms with E-state index < -0.39 is 23.7 Å². The van der Waals surface area contributed by atoms with E-state index in [1.807, 2.05) is 12.1 Å². The van der Waals surface area contributed by atoms with Gasteiger partial charge in [0.25, 0.3) is 11.7 Å². The van der Waals surface area contributed by atoms with Crippen LogP contribution in [-0.2, 0) is 33.6 Å². The lowest BCUT2D eigenvalue weighted by molar-refractivity contribution is -0.136. The number of Topliss-reactive ketones (excluding diaryl/α,β-unsaturated/α-hetero) is 1. The van der Waals surface area contributed by atoms with E-state index in [2.05, 4.69) is 0 Å². The van der Waals surface area contributed by atoms with Crippen LogP contribution in [0.2, 0.25) is 0 Å². The molecule has 37 heavy (non-hydrogen) atoms. The topological polar surface area (TPSA) is 104 Å². The molecule has 188 valence electrons. The number of amides is 1. The first-order valence-electron chi connectivity index (χ1n) is 12.2. The number of hydrogen-bond donors (Lipinski definition) is 2. The monoisotopic (exact) mass is 497 g/mol. The normalized spacial score (nSPS) is 18.5. The van der Waals surface area contributed by atoms with Gasteiger partial charge in [0, 0.05) is 11.3 Å². The van der Waals surface area contributed by atoms with Crippen LogP contribution in [0, 0.1) is 0 Å². The fraction of sp³-hybridized carbons (Fsp3) is 0.233. The van der Waals surface area contributed by atoms with E-state index in [0.29, 0.717) is 28.1 Å². The van der Waals surface area contributed by atoms with Crippen molar-refractivity contribution in [3.63, 3.8) is 0 Å². The average Bonchev–Trinajstić information content (AvgIpc) is 3.18. The first-order valence-corrected chi connectivity index (χ1v) is 12.2. The molecule has 0 spiro atoms. The largest absolute Gasteiger partial charge is 0.507 e. The van der Waals surface area contributed by atoms with Gasteiger partial charge in [-0.15, -0.1) is 0 Å². The van der Waals surface area contributed by atoms with Crippen molar-refractivity contribution in [1.29, 1.82) is 0 Å². The third kappa shape index (κ3) is 4.60. The quantitative estimate of drug-likeness (QED) is 0.287. The molecule has 2 N–H and O–H groups in total. The molecule has 1 heterocycles. The number of rotatable bonds is 6. The summed E-state index contributed by atoms with van der Waals surface area (Å²) in [6, 6.07) is 18.3. The number of anilines is 1. The molecule has 0 radical (unpaired) electrons. The van der Waals surface area contributed by atoms with E-state index in [4.69, 9.17) is 9.84 Å². The van der Waals surface area contributed by atoms with E-state index in [9.17, 15) is 19.5 Å². The molecule has 1 aliphatic carbocycles. The van der Waals surface area contributed by atoms with Crippen LogP contribution in [-0.4, -0.2) is 35.0 Å². The van der Waals surface area contributed by atoms with Gasteiger partial charge in [-0.05, 0) is 78.3 Å². The summed E-state index contributed by atoms with van der Waals surface area (Å²) in [6.07, 6.45) is 3.94. The Morgan fingerprint density at radius 2 is 1.68 bits per heavy atom. The summed E-state index contributed by atoms with van der Waals surface area (Å²) in [6.45, 7) is 0. The van der Waals surface area contributed by atoms with E-state index >= 15 is 0 Å². The number of aryl methyl sites for hydroxylation is 2. The van der Waals surface area contributed by atoms with Crippen molar-refractivity contribution in [1.82, 2.24) is 0 Å². The minimum absolute atomic E-state index is 0.00336. The highest BCUT2D eigenvalue weighted by Gasteiger charge is 2.47. The number of hydrogen-bond acceptors (Lipinski definition) is 5. The smallest absolute Gasteiger partial charge is 0.307 e. The molecule has 1 saturated heterocycles. The number of methoxy groups -OCH3 is 1. The molecule has 3 aromatic carbocycles. The zero-order valence-corrected chi connectivity index (χ0v) is 20.4. The summed E-state index contributed by atoms with van der Waals surface area (Å²) < 4.78 is 5.38. The SMILES string of the molecule is COc1cccc(C2/C(=C(/O)c3ccc4c(c3)CCCC4)C(=O)C(=O)N2c2ccc(CC(=O)O)cc2)c1. The lowest BCUT2D eigenvalue weighted by Crippen LogP contribution is -2.29. The lowest BCUT2D eigenvalue weighted by atomic mass is 9.88. The summed E-state index contributed by atoms with van der Waals surface area (Å²) in [5.41, 5.74) is 4.50. The molecule has 5 rings (SSSR count). The number of aliphatic hydroxyl groups excluding tert-OH is 1. The van der Waals surface area contributed by atoms with Crippen molar-refractivity contribution in [3.8, 4) is 5.75 Å². The third-order valence-electron chi connectivity index (χ3n) is 7.05. The second kappa shape index (κ2) is 9.93. The third-order valence-corrected chi connectivity index (χ3v) is 7.05. The van der Waals surface area contributed by atoms with E-state index in [-0.39, 0.29) is 17.8 Å². The number of nitrogens with zero attached hydrogens (tertiary/aromatic N) is 1. The first-order chi connectivity index (χ1) is 17.9. The van der Waals surface area contributed by atoms with Crippen LogP contribution >= 0.6 is 0 Å². The van der Waals surface area contributed by atoms with Gasteiger partial charge >= 0.3 is 5.97 Å². The first kappa shape index (κ1) is 24.3. The molecule has 1 unspecified atom stereocenters. The Hall–Kier alpha value is -4.39. The molecule has 1 aliphatic heterocycles. The molecule has 1 fully saturated rings. The van der Waals surface area contributed by atoms with E-state index in [0.717, 1.165) is 31.2 Å². The Morgan fingerprint density at radius 3 is 2.38 bits per heavy atom. The van der Waals surface area contributed by atoms with Crippen LogP contribution in [0.25, 0.3) is 5.76 Å². The summed E-state index contributed by atoms with van der Waals surface area (Å²) >= 11 is 0. The number of ether oxygens (including phenoxy) is 1. The van der Waals surface area contributed by atoms with Crippen molar-refractivity contribution < 1.29 is 29.3 Å². The number of carboxylic acid groups (broad SMARTS) is 1. The molecule has 2 aliphatic rings. The summed E-state index contributed by atoms with van der Waals surface area (Å²) in [5.74, 6) is -2.18. The summed E-state index contributed by atoms with van der Waals surface area (Å²) in [5, 5.41) is 20.5. The number of carbonyl (C=O) groups is 3. The lowest BCUT2D eigenvalue weighted by Gasteiger charge is -2.26. The predicted molar refractivity (Wildman–Crippen MR) is 139 cm³/mol. The minimum Gasteiger partial charge on any atom is -0.507 e. The van der Waals surface area contributed by atoms with Crippen LogP contribution in [0.15, 0.2) is 72.3 Å². The molecular formula is C30H27NO6. The van der Waals surface area contributed by atoms with Crippen LogP contribution in [0.5, 0.6) is 5.75 Å². The molecule has 7 heteroatoms. The van der Waals surface area contributed by atoms with Gasteiger partial charge in [-0.3, -0.25) is 19.3 Å². The average molecular weight is 498 g/mol. The fourth-order valence-electron chi connectivity index (χ4n) is 5.21. The Bertz CT molecular complexity index is 1420. The Morgan fingerprint density at radius 1 is 0.946 bits per heavy atom. The molecule has 0 aromatic heterocycles. The maximum absolute atomic E-state index is 13.4. The van der Waals surface area contributed by atoms with Gasteiger partial charge < -0.3 is 14.9 Å². The summed E-state index contributed by atoms with van der Waals surface area (Å²) in [7, 11) is 1.53. The highest BCUT2D eigenvalue weighted by atomic mass is 16.5. The Kier molecular flexibility index (Phi) is 6.53. The number of carbonyl (C=O) groups excluding carboxylic acids is 2. The number of fused-ring (bicyclic) bond motifs is 1. The van der Waals surface area contributed by atoms with Gasteiger partial charge in [-0.2, -0.15) is 0 Å². The molecule has 0 saturated carbocycles. The number of aliphatic carboxylic acids is 1. The zero-order chi connectivity index (χ0) is 26.1. The maximum atomic E-state index is 13.4. The van der Waals surface area contributed by atoms with E-state index in [1.54, 1.807) is 54.6 Å². The number of carboxylic acids is 1. The van der Waals surface area contributed by atoms with Crippen molar-refractivity contribution >= 4 is 29.1 Å². The molecule has 0 bridgehead atoms. The van der Waals surface area contributed by atoms with Gasteiger partial charge in [-0.25, -0.2) is 0 Å². The van der Waals surface area contributed by atoms with Crippen molar-refractivity contribution in [2.75, 3.05) is 12.0 Å². The highest BCUT2D eigenvalue weighted by molar-refractivity contribution is 6.51. The van der Waals surface area contributed by atoms with Crippen molar-refractivity contribution in [2.24, 2.45) is 0 Å². The number of aliphatic hydroxyl groups is 1. The number of ketones is 1. The van der Waals surface area contributed by atoms with Crippen LogP contribution in [0.1, 0.15) is 46.7 Å². The second-order valence-electron chi connectivity index (χ2n) is 9.37. The standard InChI is InChI=1S/C30H27NO6/c1-37-24-8-4-7-21(17-24)27-26(28(34)22-12-11-19-5-2-3-6-20(19)16-22)29(35)30(36)31(27)23-13-9-18(10-14-23)15-25(32)33/h4,7-14,16-17,27,34H,2-3,5-6,15H2,1H3,(H,32,33)/b28-26-. The molecule has 1 amide bonds. The van der Waals surface area contributed by atoms with Crippen LogP contribution in [0.4, 0.5) is 5.69 Å². The highest BCUT2D eigenvalue weighted by Crippen LogP contribution is 2.43. The number of benzene rings is 3. The van der Waals surface area contributed by atoms with Crippen LogP contribution < -0.4 is 9.64 Å². The zero-order valence-electron chi connectivity index (χ0n) is 20.4. The van der Waals surface area contributed by atoms with E-state index in [1.165, 1.54) is 17.6 Å². The fourth-order valence-corrected chi connectivity index (χ4v) is 5.21. The minimum atomic E-state index is -0.963. The van der Waals surface area contributed by atoms with Crippen molar-refractivity contribution in [2.45, 2.75) is 38.1 Å². The van der Waals surface area contributed by atoms with Gasteiger partial charge in [-0.1, -0.05) is 36.4 Å². The Balaban J connectivity index is 1.65. The molecule has 3 aromatic rings. The Labute approximate surface area is 214 Å².